The molecule has 1 aromatic heterocycles. The van der Waals surface area contributed by atoms with Gasteiger partial charge in [-0.05, 0) is 50.2 Å². The summed E-state index contributed by atoms with van der Waals surface area (Å²) >= 11 is 0. The molecule has 0 spiro atoms. The number of guanidine groups is 1. The Bertz CT molecular complexity index is 509. The zero-order valence-electron chi connectivity index (χ0n) is 14.8. The minimum atomic E-state index is 0.340. The summed E-state index contributed by atoms with van der Waals surface area (Å²) in [6, 6.07) is 4.40. The van der Waals surface area contributed by atoms with Crippen LogP contribution in [0.1, 0.15) is 52.0 Å². The first-order valence-corrected chi connectivity index (χ1v) is 8.67. The third-order valence-corrected chi connectivity index (χ3v) is 4.44. The minimum absolute atomic E-state index is 0.340. The molecule has 1 aliphatic rings. The number of hydrogen-bond donors (Lipinski definition) is 2. The molecule has 23 heavy (non-hydrogen) atoms. The Morgan fingerprint density at radius 2 is 2.09 bits per heavy atom. The second-order valence-electron chi connectivity index (χ2n) is 6.63. The molecule has 128 valence electrons. The molecule has 0 aliphatic heterocycles. The van der Waals surface area contributed by atoms with Crippen LogP contribution in [0.3, 0.4) is 0 Å². The number of aromatic nitrogens is 1. The Morgan fingerprint density at radius 1 is 1.35 bits per heavy atom. The lowest BCUT2D eigenvalue weighted by Gasteiger charge is -2.21. The van der Waals surface area contributed by atoms with E-state index in [1.54, 1.807) is 7.05 Å². The Balaban J connectivity index is 1.86. The van der Waals surface area contributed by atoms with E-state index in [4.69, 9.17) is 4.74 Å². The number of nitrogens with one attached hydrogen (secondary N) is 2. The second-order valence-corrected chi connectivity index (χ2v) is 6.63. The number of rotatable bonds is 6. The number of pyridine rings is 1. The van der Waals surface area contributed by atoms with Crippen molar-refractivity contribution >= 4 is 5.96 Å². The first-order valence-electron chi connectivity index (χ1n) is 8.67. The Kier molecular flexibility index (Phi) is 6.68. The van der Waals surface area contributed by atoms with Gasteiger partial charge in [-0.25, -0.2) is 4.98 Å². The van der Waals surface area contributed by atoms with Crippen LogP contribution in [0.5, 0.6) is 5.88 Å². The van der Waals surface area contributed by atoms with E-state index in [1.165, 1.54) is 12.8 Å². The molecule has 0 radical (unpaired) electrons. The van der Waals surface area contributed by atoms with Crippen LogP contribution >= 0.6 is 0 Å². The van der Waals surface area contributed by atoms with E-state index in [9.17, 15) is 0 Å². The Labute approximate surface area is 139 Å². The summed E-state index contributed by atoms with van der Waals surface area (Å²) in [7, 11) is 1.80. The van der Waals surface area contributed by atoms with Gasteiger partial charge in [-0.3, -0.25) is 4.99 Å². The van der Waals surface area contributed by atoms with Crippen LogP contribution in [0.15, 0.2) is 23.3 Å². The third-order valence-electron chi connectivity index (χ3n) is 4.44. The summed E-state index contributed by atoms with van der Waals surface area (Å²) in [5.41, 5.74) is 1.15. The topological polar surface area (TPSA) is 58.5 Å². The largest absolute Gasteiger partial charge is 0.474 e. The van der Waals surface area contributed by atoms with E-state index in [0.29, 0.717) is 24.6 Å². The highest BCUT2D eigenvalue weighted by Gasteiger charge is 2.17. The zero-order valence-corrected chi connectivity index (χ0v) is 14.8. The third kappa shape index (κ3) is 5.73. The molecule has 0 saturated heterocycles. The minimum Gasteiger partial charge on any atom is -0.474 e. The first-order chi connectivity index (χ1) is 11.1. The summed E-state index contributed by atoms with van der Waals surface area (Å²) in [6.45, 7) is 7.26. The van der Waals surface area contributed by atoms with Gasteiger partial charge in [0.05, 0.1) is 0 Å². The molecule has 0 aromatic carbocycles. The van der Waals surface area contributed by atoms with Gasteiger partial charge in [0, 0.05) is 31.9 Å². The average molecular weight is 318 g/mol. The molecule has 1 unspecified atom stereocenters. The van der Waals surface area contributed by atoms with Crippen molar-refractivity contribution in [2.45, 2.75) is 65.1 Å². The molecule has 1 saturated carbocycles. The van der Waals surface area contributed by atoms with Crippen molar-refractivity contribution in [2.24, 2.45) is 10.9 Å². The summed E-state index contributed by atoms with van der Waals surface area (Å²) in [6.07, 6.45) is 6.98. The predicted octanol–water partition coefficient (Wildman–Crippen LogP) is 3.11. The van der Waals surface area contributed by atoms with Crippen molar-refractivity contribution < 1.29 is 4.74 Å². The summed E-state index contributed by atoms with van der Waals surface area (Å²) in [4.78, 5) is 8.60. The summed E-state index contributed by atoms with van der Waals surface area (Å²) in [5.74, 6) is 2.11. The molecule has 2 N–H and O–H groups in total. The van der Waals surface area contributed by atoms with E-state index in [-0.39, 0.29) is 0 Å². The Morgan fingerprint density at radius 3 is 2.74 bits per heavy atom. The predicted molar refractivity (Wildman–Crippen MR) is 94.8 cm³/mol. The van der Waals surface area contributed by atoms with Crippen LogP contribution in [-0.2, 0) is 6.54 Å². The lowest BCUT2D eigenvalue weighted by molar-refractivity contribution is 0.201. The van der Waals surface area contributed by atoms with Crippen molar-refractivity contribution in [3.63, 3.8) is 0 Å². The molecular formula is C18H30N4O. The quantitative estimate of drug-likeness (QED) is 0.625. The van der Waals surface area contributed by atoms with Gasteiger partial charge in [-0.2, -0.15) is 0 Å². The maximum absolute atomic E-state index is 5.96. The van der Waals surface area contributed by atoms with Gasteiger partial charge in [-0.1, -0.05) is 13.8 Å². The van der Waals surface area contributed by atoms with Gasteiger partial charge in [0.2, 0.25) is 5.88 Å². The molecule has 1 fully saturated rings. The normalized spacial score (nSPS) is 17.3. The molecule has 1 aromatic rings. The monoisotopic (exact) mass is 318 g/mol. The lowest BCUT2D eigenvalue weighted by Crippen LogP contribution is -2.43. The second kappa shape index (κ2) is 8.75. The number of aliphatic imine (C=N–C) groups is 1. The number of ether oxygens (including phenoxy) is 1. The lowest BCUT2D eigenvalue weighted by atomic mass is 10.1. The standard InChI is InChI=1S/C18H30N4O/c1-13(2)14(3)22-18(19-4)21-12-15-9-10-20-17(11-15)23-16-7-5-6-8-16/h9-11,13-14,16H,5-8,12H2,1-4H3,(H2,19,21,22). The van der Waals surface area contributed by atoms with Crippen molar-refractivity contribution in [2.75, 3.05) is 7.05 Å². The highest BCUT2D eigenvalue weighted by molar-refractivity contribution is 5.79. The SMILES string of the molecule is CN=C(NCc1ccnc(OC2CCCC2)c1)NC(C)C(C)C. The van der Waals surface area contributed by atoms with Crippen molar-refractivity contribution in [1.29, 1.82) is 0 Å². The van der Waals surface area contributed by atoms with E-state index < -0.39 is 0 Å². The Hall–Kier alpha value is -1.78. The van der Waals surface area contributed by atoms with Crippen LogP contribution in [0.25, 0.3) is 0 Å². The fourth-order valence-corrected chi connectivity index (χ4v) is 2.56. The molecule has 2 rings (SSSR count). The molecule has 1 atom stereocenters. The highest BCUT2D eigenvalue weighted by Crippen LogP contribution is 2.23. The maximum Gasteiger partial charge on any atom is 0.213 e. The van der Waals surface area contributed by atoms with Gasteiger partial charge in [-0.15, -0.1) is 0 Å². The van der Waals surface area contributed by atoms with Gasteiger partial charge in [0.25, 0.3) is 0 Å². The molecule has 0 bridgehead atoms. The van der Waals surface area contributed by atoms with Gasteiger partial charge >= 0.3 is 0 Å². The fourth-order valence-electron chi connectivity index (χ4n) is 2.56. The average Bonchev–Trinajstić information content (AvgIpc) is 3.04. The molecule has 5 nitrogen and oxygen atoms in total. The molecule has 0 amide bonds. The van der Waals surface area contributed by atoms with Gasteiger partial charge < -0.3 is 15.4 Å². The van der Waals surface area contributed by atoms with Crippen LogP contribution in [0, 0.1) is 5.92 Å². The summed E-state index contributed by atoms with van der Waals surface area (Å²) in [5, 5.41) is 6.75. The smallest absolute Gasteiger partial charge is 0.213 e. The summed E-state index contributed by atoms with van der Waals surface area (Å²) < 4.78 is 5.96. The first kappa shape index (κ1) is 17.6. The van der Waals surface area contributed by atoms with Crippen molar-refractivity contribution in [3.05, 3.63) is 23.9 Å². The maximum atomic E-state index is 5.96. The zero-order chi connectivity index (χ0) is 16.7. The molecule has 1 heterocycles. The number of hydrogen-bond acceptors (Lipinski definition) is 3. The van der Waals surface area contributed by atoms with Crippen LogP contribution in [0.4, 0.5) is 0 Å². The number of nitrogens with zero attached hydrogens (tertiary/aromatic N) is 2. The molecule has 1 aliphatic carbocycles. The molecule has 5 heteroatoms. The van der Waals surface area contributed by atoms with Gasteiger partial charge in [0.1, 0.15) is 6.10 Å². The molecular weight excluding hydrogens is 288 g/mol. The van der Waals surface area contributed by atoms with Crippen molar-refractivity contribution in [1.82, 2.24) is 15.6 Å². The van der Waals surface area contributed by atoms with Crippen LogP contribution in [0.2, 0.25) is 0 Å². The highest BCUT2D eigenvalue weighted by atomic mass is 16.5. The van der Waals surface area contributed by atoms with E-state index in [1.807, 2.05) is 18.3 Å². The van der Waals surface area contributed by atoms with E-state index in [2.05, 4.69) is 41.4 Å². The van der Waals surface area contributed by atoms with Crippen molar-refractivity contribution in [3.8, 4) is 5.88 Å². The van der Waals surface area contributed by atoms with Gasteiger partial charge in [0.15, 0.2) is 5.96 Å². The van der Waals surface area contributed by atoms with E-state index >= 15 is 0 Å². The van der Waals surface area contributed by atoms with Crippen LogP contribution < -0.4 is 15.4 Å². The fraction of sp³-hybridized carbons (Fsp3) is 0.667. The van der Waals surface area contributed by atoms with E-state index in [0.717, 1.165) is 30.2 Å². The van der Waals surface area contributed by atoms with Crippen LogP contribution in [-0.4, -0.2) is 30.1 Å².